The van der Waals surface area contributed by atoms with E-state index in [-0.39, 0.29) is 18.5 Å². The number of rotatable bonds is 3. The lowest BCUT2D eigenvalue weighted by Crippen LogP contribution is -2.41. The van der Waals surface area contributed by atoms with Gasteiger partial charge in [-0.25, -0.2) is 4.98 Å². The molecule has 1 atom stereocenters. The van der Waals surface area contributed by atoms with Crippen molar-refractivity contribution >= 4 is 16.8 Å². The van der Waals surface area contributed by atoms with Crippen LogP contribution >= 0.6 is 0 Å². The molecule has 6 heteroatoms. The van der Waals surface area contributed by atoms with Crippen LogP contribution in [0, 0.1) is 18.3 Å². The molecule has 1 aliphatic rings. The molecule has 2 aromatic heterocycles. The summed E-state index contributed by atoms with van der Waals surface area (Å²) in [5.41, 5.74) is 1.52. The Bertz CT molecular complexity index is 993. The van der Waals surface area contributed by atoms with E-state index in [1.54, 1.807) is 6.20 Å². The highest BCUT2D eigenvalue weighted by atomic mass is 16.2. The molecule has 3 aromatic rings. The number of carbonyl (C=O) groups is 1. The molecule has 0 saturated carbocycles. The van der Waals surface area contributed by atoms with E-state index in [1.165, 1.54) is 0 Å². The molecule has 3 heterocycles. The molecule has 1 amide bonds. The molecule has 0 unspecified atom stereocenters. The lowest BCUT2D eigenvalue weighted by Gasteiger charge is -2.34. The number of piperidine rings is 1. The van der Waals surface area contributed by atoms with Crippen LogP contribution in [0.15, 0.2) is 42.7 Å². The quantitative estimate of drug-likeness (QED) is 0.731. The number of hydrogen-bond acceptors (Lipinski definition) is 3. The van der Waals surface area contributed by atoms with Crippen LogP contribution in [0.5, 0.6) is 0 Å². The SMILES string of the molecule is Cc1nccn1[C@@H]1CCCN(C(=O)c2cc3ccccc3n2CC#N)C1. The van der Waals surface area contributed by atoms with Crippen LogP contribution in [0.1, 0.15) is 35.2 Å². The number of nitriles is 1. The van der Waals surface area contributed by atoms with Crippen LogP contribution in [0.4, 0.5) is 0 Å². The monoisotopic (exact) mass is 347 g/mol. The molecule has 0 spiro atoms. The predicted molar refractivity (Wildman–Crippen MR) is 98.7 cm³/mol. The van der Waals surface area contributed by atoms with Crippen molar-refractivity contribution in [1.29, 1.82) is 5.26 Å². The molecule has 26 heavy (non-hydrogen) atoms. The van der Waals surface area contributed by atoms with Crippen LogP contribution in [-0.2, 0) is 6.54 Å². The molecule has 1 aromatic carbocycles. The van der Waals surface area contributed by atoms with E-state index in [9.17, 15) is 10.1 Å². The van der Waals surface area contributed by atoms with E-state index in [1.807, 2.05) is 52.9 Å². The summed E-state index contributed by atoms with van der Waals surface area (Å²) in [6.45, 7) is 3.58. The highest BCUT2D eigenvalue weighted by Gasteiger charge is 2.28. The molecule has 0 aliphatic carbocycles. The molecule has 0 bridgehead atoms. The number of para-hydroxylation sites is 1. The summed E-state index contributed by atoms with van der Waals surface area (Å²) in [5.74, 6) is 0.974. The molecule has 0 N–H and O–H groups in total. The Morgan fingerprint density at radius 1 is 1.38 bits per heavy atom. The third-order valence-electron chi connectivity index (χ3n) is 5.20. The summed E-state index contributed by atoms with van der Waals surface area (Å²) in [6.07, 6.45) is 5.80. The highest BCUT2D eigenvalue weighted by molar-refractivity contribution is 5.98. The highest BCUT2D eigenvalue weighted by Crippen LogP contribution is 2.26. The first-order valence-electron chi connectivity index (χ1n) is 8.93. The van der Waals surface area contributed by atoms with E-state index in [4.69, 9.17) is 0 Å². The van der Waals surface area contributed by atoms with Crippen molar-refractivity contribution in [3.63, 3.8) is 0 Å². The van der Waals surface area contributed by atoms with Gasteiger partial charge in [0.2, 0.25) is 0 Å². The summed E-state index contributed by atoms with van der Waals surface area (Å²) in [4.78, 5) is 19.5. The second-order valence-corrected chi connectivity index (χ2v) is 6.76. The Balaban J connectivity index is 1.65. The van der Waals surface area contributed by atoms with Crippen molar-refractivity contribution in [2.24, 2.45) is 0 Å². The summed E-state index contributed by atoms with van der Waals surface area (Å²) in [7, 11) is 0. The topological polar surface area (TPSA) is 66.8 Å². The van der Waals surface area contributed by atoms with Crippen molar-refractivity contribution in [1.82, 2.24) is 19.0 Å². The summed E-state index contributed by atoms with van der Waals surface area (Å²) in [6, 6.07) is 12.2. The minimum absolute atomic E-state index is 0.00100. The van der Waals surface area contributed by atoms with Gasteiger partial charge in [0.05, 0.1) is 12.1 Å². The number of imidazole rings is 1. The molecule has 1 saturated heterocycles. The van der Waals surface area contributed by atoms with Gasteiger partial charge >= 0.3 is 0 Å². The largest absolute Gasteiger partial charge is 0.335 e. The number of aryl methyl sites for hydroxylation is 1. The fourth-order valence-electron chi connectivity index (χ4n) is 3.93. The number of hydrogen-bond donors (Lipinski definition) is 0. The normalized spacial score (nSPS) is 17.4. The third kappa shape index (κ3) is 2.76. The van der Waals surface area contributed by atoms with Gasteiger partial charge in [-0.2, -0.15) is 5.26 Å². The van der Waals surface area contributed by atoms with Crippen LogP contribution in [0.2, 0.25) is 0 Å². The Kier molecular flexibility index (Phi) is 4.21. The second-order valence-electron chi connectivity index (χ2n) is 6.76. The van der Waals surface area contributed by atoms with E-state index < -0.39 is 0 Å². The van der Waals surface area contributed by atoms with Gasteiger partial charge in [-0.3, -0.25) is 4.79 Å². The van der Waals surface area contributed by atoms with E-state index >= 15 is 0 Å². The van der Waals surface area contributed by atoms with E-state index in [0.717, 1.165) is 36.1 Å². The maximum Gasteiger partial charge on any atom is 0.270 e. The van der Waals surface area contributed by atoms with Crippen molar-refractivity contribution in [3.8, 4) is 6.07 Å². The lowest BCUT2D eigenvalue weighted by molar-refractivity contribution is 0.0668. The number of likely N-dealkylation sites (tertiary alicyclic amines) is 1. The molecular formula is C20H21N5O. The van der Waals surface area contributed by atoms with Crippen molar-refractivity contribution in [2.75, 3.05) is 13.1 Å². The summed E-state index contributed by atoms with van der Waals surface area (Å²) >= 11 is 0. The predicted octanol–water partition coefficient (Wildman–Crippen LogP) is 3.15. The van der Waals surface area contributed by atoms with Crippen molar-refractivity contribution < 1.29 is 4.79 Å². The van der Waals surface area contributed by atoms with Gasteiger partial charge in [-0.1, -0.05) is 18.2 Å². The van der Waals surface area contributed by atoms with Gasteiger partial charge in [-0.05, 0) is 31.9 Å². The number of nitrogens with zero attached hydrogens (tertiary/aromatic N) is 5. The molecular weight excluding hydrogens is 326 g/mol. The Morgan fingerprint density at radius 2 is 2.23 bits per heavy atom. The van der Waals surface area contributed by atoms with Gasteiger partial charge in [0.25, 0.3) is 5.91 Å². The summed E-state index contributed by atoms with van der Waals surface area (Å²) < 4.78 is 3.98. The Labute approximate surface area is 152 Å². The maximum atomic E-state index is 13.2. The fourth-order valence-corrected chi connectivity index (χ4v) is 3.93. The van der Waals surface area contributed by atoms with Crippen LogP contribution in [-0.4, -0.2) is 38.0 Å². The number of benzene rings is 1. The Morgan fingerprint density at radius 3 is 3.00 bits per heavy atom. The zero-order chi connectivity index (χ0) is 18.1. The molecule has 1 aliphatic heterocycles. The van der Waals surface area contributed by atoms with Crippen molar-refractivity contribution in [2.45, 2.75) is 32.4 Å². The zero-order valence-electron chi connectivity index (χ0n) is 14.8. The average molecular weight is 347 g/mol. The van der Waals surface area contributed by atoms with E-state index in [0.29, 0.717) is 12.2 Å². The maximum absolute atomic E-state index is 13.2. The van der Waals surface area contributed by atoms with Gasteiger partial charge in [0.1, 0.15) is 18.1 Å². The van der Waals surface area contributed by atoms with Gasteiger partial charge in [0.15, 0.2) is 0 Å². The first kappa shape index (κ1) is 16.4. The smallest absolute Gasteiger partial charge is 0.270 e. The van der Waals surface area contributed by atoms with Crippen LogP contribution < -0.4 is 0 Å². The third-order valence-corrected chi connectivity index (χ3v) is 5.20. The minimum atomic E-state index is -0.00100. The first-order chi connectivity index (χ1) is 12.7. The molecule has 6 nitrogen and oxygen atoms in total. The number of fused-ring (bicyclic) bond motifs is 1. The number of carbonyl (C=O) groups excluding carboxylic acids is 1. The molecule has 1 fully saturated rings. The van der Waals surface area contributed by atoms with Crippen molar-refractivity contribution in [3.05, 3.63) is 54.2 Å². The standard InChI is InChI=1S/C20H21N5O/c1-15-22-9-12-24(15)17-6-4-10-23(14-17)20(26)19-13-16-5-2-3-7-18(16)25(19)11-8-21/h2-3,5,7,9,12-13,17H,4,6,10-11,14H2,1H3/t17-/m1/s1. The Hall–Kier alpha value is -3.07. The number of aromatic nitrogens is 3. The van der Waals surface area contributed by atoms with Gasteiger partial charge < -0.3 is 14.0 Å². The lowest BCUT2D eigenvalue weighted by atomic mass is 10.0. The average Bonchev–Trinajstić information content (AvgIpc) is 3.26. The molecule has 4 rings (SSSR count). The second kappa shape index (κ2) is 6.68. The number of amides is 1. The van der Waals surface area contributed by atoms with Gasteiger partial charge in [0, 0.05) is 36.4 Å². The minimum Gasteiger partial charge on any atom is -0.335 e. The fraction of sp³-hybridized carbons (Fsp3) is 0.350. The van der Waals surface area contributed by atoms with Crippen LogP contribution in [0.25, 0.3) is 10.9 Å². The van der Waals surface area contributed by atoms with E-state index in [2.05, 4.69) is 15.6 Å². The molecule has 0 radical (unpaired) electrons. The first-order valence-corrected chi connectivity index (χ1v) is 8.93. The van der Waals surface area contributed by atoms with Gasteiger partial charge in [-0.15, -0.1) is 0 Å². The van der Waals surface area contributed by atoms with Crippen LogP contribution in [0.3, 0.4) is 0 Å². The zero-order valence-corrected chi connectivity index (χ0v) is 14.8. The molecule has 132 valence electrons. The summed E-state index contributed by atoms with van der Waals surface area (Å²) in [5, 5.41) is 10.2.